The molecule has 0 bridgehead atoms. The fourth-order valence-electron chi connectivity index (χ4n) is 2.17. The molecule has 0 saturated carbocycles. The molecule has 1 aliphatic heterocycles. The molecule has 0 saturated heterocycles. The molecule has 0 aliphatic carbocycles. The zero-order valence-electron chi connectivity index (χ0n) is 11.0. The second-order valence-electron chi connectivity index (χ2n) is 4.86. The van der Waals surface area contributed by atoms with Gasteiger partial charge >= 0.3 is 5.97 Å². The third kappa shape index (κ3) is 3.05. The van der Waals surface area contributed by atoms with E-state index in [1.165, 1.54) is 4.90 Å². The van der Waals surface area contributed by atoms with Gasteiger partial charge in [0.15, 0.2) is 0 Å². The minimum absolute atomic E-state index is 0.0841. The Kier molecular flexibility index (Phi) is 3.74. The fourth-order valence-corrected chi connectivity index (χ4v) is 2.17. The normalized spacial score (nSPS) is 14.5. The maximum Gasteiger partial charge on any atom is 0.323 e. The van der Waals surface area contributed by atoms with Gasteiger partial charge in [0.05, 0.1) is 6.10 Å². The van der Waals surface area contributed by atoms with Crippen molar-refractivity contribution in [3.8, 4) is 5.75 Å². The number of fused-ring (bicyclic) bond motifs is 1. The number of carboxylic acid groups (broad SMARTS) is 1. The number of carboxylic acids is 1. The third-order valence-corrected chi connectivity index (χ3v) is 2.94. The van der Waals surface area contributed by atoms with Crippen LogP contribution in [0.25, 0.3) is 0 Å². The minimum atomic E-state index is -0.989. The van der Waals surface area contributed by atoms with Crippen LogP contribution in [0.1, 0.15) is 29.8 Å². The molecule has 0 atom stereocenters. The number of hydrogen-bond acceptors (Lipinski definition) is 3. The van der Waals surface area contributed by atoms with Crippen LogP contribution in [0.5, 0.6) is 5.75 Å². The molecule has 2 rings (SSSR count). The van der Waals surface area contributed by atoms with Crippen molar-refractivity contribution >= 4 is 11.9 Å². The number of carbonyl (C=O) groups is 2. The Morgan fingerprint density at radius 3 is 2.84 bits per heavy atom. The number of benzene rings is 1. The summed E-state index contributed by atoms with van der Waals surface area (Å²) >= 11 is 0. The van der Waals surface area contributed by atoms with E-state index in [1.54, 1.807) is 12.1 Å². The number of hydrogen-bond donors (Lipinski definition) is 1. The molecule has 0 unspecified atom stereocenters. The van der Waals surface area contributed by atoms with Crippen molar-refractivity contribution in [3.05, 3.63) is 29.3 Å². The van der Waals surface area contributed by atoms with Crippen molar-refractivity contribution in [2.45, 2.75) is 26.4 Å². The lowest BCUT2D eigenvalue weighted by Crippen LogP contribution is -2.40. The maximum atomic E-state index is 12.1. The number of rotatable bonds is 4. The number of ether oxygens (including phenoxy) is 1. The van der Waals surface area contributed by atoms with Crippen LogP contribution >= 0.6 is 0 Å². The van der Waals surface area contributed by atoms with Crippen LogP contribution in [-0.4, -0.2) is 41.1 Å². The van der Waals surface area contributed by atoms with Gasteiger partial charge < -0.3 is 14.7 Å². The van der Waals surface area contributed by atoms with E-state index in [-0.39, 0.29) is 18.6 Å². The number of aliphatic carboxylic acids is 1. The lowest BCUT2D eigenvalue weighted by atomic mass is 9.98. The monoisotopic (exact) mass is 263 g/mol. The summed E-state index contributed by atoms with van der Waals surface area (Å²) in [6.45, 7) is 4.07. The van der Waals surface area contributed by atoms with E-state index in [4.69, 9.17) is 9.84 Å². The van der Waals surface area contributed by atoms with Gasteiger partial charge in [-0.2, -0.15) is 0 Å². The first-order valence-corrected chi connectivity index (χ1v) is 6.28. The Hall–Kier alpha value is -2.04. The first-order valence-electron chi connectivity index (χ1n) is 6.28. The van der Waals surface area contributed by atoms with Gasteiger partial charge in [0.1, 0.15) is 12.3 Å². The Bertz CT molecular complexity index is 510. The van der Waals surface area contributed by atoms with Crippen LogP contribution in [0.15, 0.2) is 18.2 Å². The van der Waals surface area contributed by atoms with E-state index in [9.17, 15) is 9.59 Å². The first kappa shape index (κ1) is 13.4. The smallest absolute Gasteiger partial charge is 0.323 e. The van der Waals surface area contributed by atoms with Crippen LogP contribution in [0, 0.1) is 0 Å². The Labute approximate surface area is 111 Å². The van der Waals surface area contributed by atoms with Crippen molar-refractivity contribution in [1.29, 1.82) is 0 Å². The topological polar surface area (TPSA) is 66.8 Å². The summed E-state index contributed by atoms with van der Waals surface area (Å²) in [5.74, 6) is -0.468. The molecule has 1 aliphatic rings. The van der Waals surface area contributed by atoms with Gasteiger partial charge in [0.2, 0.25) is 0 Å². The van der Waals surface area contributed by atoms with Crippen molar-refractivity contribution in [3.63, 3.8) is 0 Å². The summed E-state index contributed by atoms with van der Waals surface area (Å²) in [6, 6.07) is 5.33. The highest BCUT2D eigenvalue weighted by Crippen LogP contribution is 2.24. The van der Waals surface area contributed by atoms with Crippen molar-refractivity contribution < 1.29 is 19.4 Å². The van der Waals surface area contributed by atoms with Crippen LogP contribution in [-0.2, 0) is 11.2 Å². The van der Waals surface area contributed by atoms with Gasteiger partial charge in [0, 0.05) is 12.1 Å². The van der Waals surface area contributed by atoms with Gasteiger partial charge in [-0.05, 0) is 44.0 Å². The Balaban J connectivity index is 2.21. The van der Waals surface area contributed by atoms with Crippen LogP contribution in [0.3, 0.4) is 0 Å². The zero-order valence-corrected chi connectivity index (χ0v) is 11.0. The van der Waals surface area contributed by atoms with Crippen molar-refractivity contribution in [1.82, 2.24) is 4.90 Å². The van der Waals surface area contributed by atoms with E-state index >= 15 is 0 Å². The SMILES string of the molecule is CC(C)Oc1ccc2c(c1)CCN(CC(=O)O)C2=O. The van der Waals surface area contributed by atoms with Gasteiger partial charge in [0.25, 0.3) is 5.91 Å². The van der Waals surface area contributed by atoms with E-state index in [0.717, 1.165) is 11.3 Å². The highest BCUT2D eigenvalue weighted by atomic mass is 16.5. The summed E-state index contributed by atoms with van der Waals surface area (Å²) in [7, 11) is 0. The van der Waals surface area contributed by atoms with Crippen molar-refractivity contribution in [2.24, 2.45) is 0 Å². The predicted octanol–water partition coefficient (Wildman–Crippen LogP) is 1.56. The molecule has 1 N–H and O–H groups in total. The summed E-state index contributed by atoms with van der Waals surface area (Å²) in [4.78, 5) is 24.1. The van der Waals surface area contributed by atoms with Gasteiger partial charge in [-0.3, -0.25) is 9.59 Å². The maximum absolute atomic E-state index is 12.1. The molecular weight excluding hydrogens is 246 g/mol. The minimum Gasteiger partial charge on any atom is -0.491 e. The fraction of sp³-hybridized carbons (Fsp3) is 0.429. The highest BCUT2D eigenvalue weighted by molar-refractivity contribution is 5.98. The Morgan fingerprint density at radius 2 is 2.21 bits per heavy atom. The molecular formula is C14H17NO4. The summed E-state index contributed by atoms with van der Waals surface area (Å²) in [6.07, 6.45) is 0.741. The molecule has 1 aromatic carbocycles. The lowest BCUT2D eigenvalue weighted by molar-refractivity contribution is -0.137. The molecule has 0 spiro atoms. The molecule has 0 fully saturated rings. The van der Waals surface area contributed by atoms with Gasteiger partial charge in [-0.1, -0.05) is 0 Å². The van der Waals surface area contributed by atoms with Crippen LogP contribution in [0.4, 0.5) is 0 Å². The summed E-state index contributed by atoms with van der Waals surface area (Å²) in [5.41, 5.74) is 1.49. The molecule has 5 nitrogen and oxygen atoms in total. The average Bonchev–Trinajstić information content (AvgIpc) is 2.31. The molecule has 0 aromatic heterocycles. The lowest BCUT2D eigenvalue weighted by Gasteiger charge is -2.27. The third-order valence-electron chi connectivity index (χ3n) is 2.94. The summed E-state index contributed by atoms with van der Waals surface area (Å²) < 4.78 is 5.59. The van der Waals surface area contributed by atoms with Crippen LogP contribution < -0.4 is 4.74 Å². The molecule has 1 amide bonds. The van der Waals surface area contributed by atoms with E-state index in [2.05, 4.69) is 0 Å². The van der Waals surface area contributed by atoms with E-state index in [0.29, 0.717) is 18.5 Å². The standard InChI is InChI=1S/C14H17NO4/c1-9(2)19-11-3-4-12-10(7-11)5-6-15(14(12)18)8-13(16)17/h3-4,7,9H,5-6,8H2,1-2H3,(H,16,17). The first-order chi connectivity index (χ1) is 8.97. The molecule has 0 radical (unpaired) electrons. The largest absolute Gasteiger partial charge is 0.491 e. The second-order valence-corrected chi connectivity index (χ2v) is 4.86. The molecule has 19 heavy (non-hydrogen) atoms. The zero-order chi connectivity index (χ0) is 14.0. The van der Waals surface area contributed by atoms with Crippen molar-refractivity contribution in [2.75, 3.05) is 13.1 Å². The Morgan fingerprint density at radius 1 is 1.47 bits per heavy atom. The summed E-state index contributed by atoms with van der Waals surface area (Å²) in [5, 5.41) is 8.76. The predicted molar refractivity (Wildman–Crippen MR) is 69.4 cm³/mol. The quantitative estimate of drug-likeness (QED) is 0.895. The number of nitrogens with zero attached hydrogens (tertiary/aromatic N) is 1. The number of carbonyl (C=O) groups excluding carboxylic acids is 1. The second kappa shape index (κ2) is 5.30. The molecule has 102 valence electrons. The number of amides is 1. The average molecular weight is 263 g/mol. The van der Waals surface area contributed by atoms with E-state index < -0.39 is 5.97 Å². The highest BCUT2D eigenvalue weighted by Gasteiger charge is 2.26. The van der Waals surface area contributed by atoms with Crippen LogP contribution in [0.2, 0.25) is 0 Å². The molecule has 1 aromatic rings. The molecule has 1 heterocycles. The van der Waals surface area contributed by atoms with Gasteiger partial charge in [-0.15, -0.1) is 0 Å². The van der Waals surface area contributed by atoms with E-state index in [1.807, 2.05) is 19.9 Å². The van der Waals surface area contributed by atoms with Gasteiger partial charge in [-0.25, -0.2) is 0 Å². The molecule has 5 heteroatoms.